The Balaban J connectivity index is 1.64. The summed E-state index contributed by atoms with van der Waals surface area (Å²) in [5.41, 5.74) is -0.0704. The average molecular weight is 411 g/mol. The van der Waals surface area contributed by atoms with Gasteiger partial charge in [-0.05, 0) is 36.4 Å². The lowest BCUT2D eigenvalue weighted by Gasteiger charge is -2.08. The molecule has 27 heavy (non-hydrogen) atoms. The molecule has 0 radical (unpaired) electrons. The molecule has 0 saturated heterocycles. The van der Waals surface area contributed by atoms with Gasteiger partial charge in [0.1, 0.15) is 5.82 Å². The van der Waals surface area contributed by atoms with Gasteiger partial charge in [-0.3, -0.25) is 14.9 Å². The van der Waals surface area contributed by atoms with Gasteiger partial charge in [-0.2, -0.15) is 0 Å². The fraction of sp³-hybridized carbons (Fsp3) is 0.167. The molecule has 0 saturated carbocycles. The lowest BCUT2D eigenvalue weighted by atomic mass is 10.3. The first-order valence-corrected chi connectivity index (χ1v) is 9.20. The van der Waals surface area contributed by atoms with E-state index in [1.165, 1.54) is 36.0 Å². The summed E-state index contributed by atoms with van der Waals surface area (Å²) in [7, 11) is 0. The van der Waals surface area contributed by atoms with Crippen molar-refractivity contribution in [1.29, 1.82) is 0 Å². The van der Waals surface area contributed by atoms with Gasteiger partial charge in [-0.15, -0.1) is 11.8 Å². The van der Waals surface area contributed by atoms with Crippen LogP contribution in [0.1, 0.15) is 6.42 Å². The molecule has 3 amide bonds. The molecule has 0 atom stereocenters. The van der Waals surface area contributed by atoms with E-state index in [0.717, 1.165) is 4.90 Å². The van der Waals surface area contributed by atoms with Crippen molar-refractivity contribution in [1.82, 2.24) is 5.32 Å². The highest BCUT2D eigenvalue weighted by Gasteiger charge is 2.12. The molecule has 6 nitrogen and oxygen atoms in total. The minimum Gasteiger partial charge on any atom is -0.456 e. The molecular formula is C18H16ClFN2O4S. The third-order valence-corrected chi connectivity index (χ3v) is 4.39. The molecule has 9 heteroatoms. The first-order chi connectivity index (χ1) is 12.9. The molecule has 0 bridgehead atoms. The van der Waals surface area contributed by atoms with E-state index in [1.807, 2.05) is 17.4 Å². The number of thioether (sulfide) groups is 1. The van der Waals surface area contributed by atoms with Crippen LogP contribution in [0.25, 0.3) is 0 Å². The van der Waals surface area contributed by atoms with Gasteiger partial charge in [0.15, 0.2) is 6.61 Å². The molecule has 0 aliphatic carbocycles. The minimum absolute atomic E-state index is 0.0704. The average Bonchev–Trinajstić information content (AvgIpc) is 2.63. The first kappa shape index (κ1) is 20.7. The lowest BCUT2D eigenvalue weighted by Crippen LogP contribution is -2.37. The zero-order chi connectivity index (χ0) is 19.6. The number of amides is 3. The largest absolute Gasteiger partial charge is 0.456 e. The van der Waals surface area contributed by atoms with Gasteiger partial charge < -0.3 is 10.1 Å². The maximum Gasteiger partial charge on any atom is 0.326 e. The van der Waals surface area contributed by atoms with E-state index >= 15 is 0 Å². The predicted octanol–water partition coefficient (Wildman–Crippen LogP) is 3.85. The maximum absolute atomic E-state index is 13.4. The van der Waals surface area contributed by atoms with E-state index in [9.17, 15) is 18.8 Å². The smallest absolute Gasteiger partial charge is 0.326 e. The van der Waals surface area contributed by atoms with Crippen LogP contribution in [0.15, 0.2) is 53.4 Å². The van der Waals surface area contributed by atoms with Gasteiger partial charge in [-0.1, -0.05) is 23.7 Å². The zero-order valence-corrected chi connectivity index (χ0v) is 15.6. The summed E-state index contributed by atoms with van der Waals surface area (Å²) in [6.07, 6.45) is 0.0992. The Morgan fingerprint density at radius 1 is 1.07 bits per heavy atom. The maximum atomic E-state index is 13.4. The Kier molecular flexibility index (Phi) is 8.09. The van der Waals surface area contributed by atoms with Crippen LogP contribution in [0.3, 0.4) is 0 Å². The van der Waals surface area contributed by atoms with Crippen LogP contribution in [0.5, 0.6) is 0 Å². The van der Waals surface area contributed by atoms with Crippen LogP contribution in [0.4, 0.5) is 14.9 Å². The molecule has 2 N–H and O–H groups in total. The number of esters is 1. The third-order valence-electron chi connectivity index (χ3n) is 3.13. The fourth-order valence-electron chi connectivity index (χ4n) is 1.88. The van der Waals surface area contributed by atoms with E-state index in [0.29, 0.717) is 10.8 Å². The molecule has 0 aliphatic rings. The van der Waals surface area contributed by atoms with E-state index < -0.39 is 30.3 Å². The van der Waals surface area contributed by atoms with Gasteiger partial charge in [-0.25, -0.2) is 9.18 Å². The quantitative estimate of drug-likeness (QED) is 0.535. The zero-order valence-electron chi connectivity index (χ0n) is 14.0. The van der Waals surface area contributed by atoms with Crippen molar-refractivity contribution >= 4 is 47.0 Å². The van der Waals surface area contributed by atoms with Crippen molar-refractivity contribution in [3.8, 4) is 0 Å². The number of benzene rings is 2. The molecule has 2 aromatic rings. The summed E-state index contributed by atoms with van der Waals surface area (Å²) in [5.74, 6) is -1.55. The summed E-state index contributed by atoms with van der Waals surface area (Å²) >= 11 is 7.23. The van der Waals surface area contributed by atoms with Gasteiger partial charge in [0, 0.05) is 15.7 Å². The SMILES string of the molecule is O=C(COC(=O)CCSc1ccc(Cl)cc1)NC(=O)Nc1ccccc1F. The number of nitrogens with one attached hydrogen (secondary N) is 2. The molecule has 0 fully saturated rings. The third kappa shape index (κ3) is 7.67. The normalized spacial score (nSPS) is 10.1. The summed E-state index contributed by atoms with van der Waals surface area (Å²) in [6, 6.07) is 11.8. The summed E-state index contributed by atoms with van der Waals surface area (Å²) in [5, 5.41) is 4.76. The number of carbonyl (C=O) groups is 3. The van der Waals surface area contributed by atoms with E-state index in [4.69, 9.17) is 16.3 Å². The van der Waals surface area contributed by atoms with Crippen molar-refractivity contribution in [2.45, 2.75) is 11.3 Å². The number of halogens is 2. The second-order valence-electron chi connectivity index (χ2n) is 5.20. The Morgan fingerprint density at radius 2 is 1.78 bits per heavy atom. The monoisotopic (exact) mass is 410 g/mol. The Morgan fingerprint density at radius 3 is 2.48 bits per heavy atom. The number of para-hydroxylation sites is 1. The lowest BCUT2D eigenvalue weighted by molar-refractivity contribution is -0.147. The number of rotatable bonds is 7. The number of ether oxygens (including phenoxy) is 1. The molecule has 0 aromatic heterocycles. The number of hydrogen-bond acceptors (Lipinski definition) is 5. The molecule has 0 heterocycles. The van der Waals surface area contributed by atoms with Gasteiger partial charge >= 0.3 is 12.0 Å². The molecule has 0 spiro atoms. The number of anilines is 1. The highest BCUT2D eigenvalue weighted by atomic mass is 35.5. The summed E-state index contributed by atoms with van der Waals surface area (Å²) < 4.78 is 18.2. The first-order valence-electron chi connectivity index (χ1n) is 7.83. The molecule has 0 aliphatic heterocycles. The Bertz CT molecular complexity index is 817. The molecular weight excluding hydrogens is 395 g/mol. The highest BCUT2D eigenvalue weighted by molar-refractivity contribution is 7.99. The van der Waals surface area contributed by atoms with Crippen LogP contribution in [-0.4, -0.2) is 30.3 Å². The van der Waals surface area contributed by atoms with E-state index in [-0.39, 0.29) is 12.1 Å². The standard InChI is InChI=1S/C18H16ClFN2O4S/c19-12-5-7-13(8-6-12)27-10-9-17(24)26-11-16(23)22-18(25)21-15-4-2-1-3-14(15)20/h1-8H,9-11H2,(H2,21,22,23,25). The predicted molar refractivity (Wildman–Crippen MR) is 101 cm³/mol. The van der Waals surface area contributed by atoms with Crippen molar-refractivity contribution < 1.29 is 23.5 Å². The topological polar surface area (TPSA) is 84.5 Å². The van der Waals surface area contributed by atoms with Crippen LogP contribution in [-0.2, 0) is 14.3 Å². The van der Waals surface area contributed by atoms with Crippen molar-refractivity contribution in [3.05, 3.63) is 59.4 Å². The van der Waals surface area contributed by atoms with Gasteiger partial charge in [0.25, 0.3) is 5.91 Å². The fourth-order valence-corrected chi connectivity index (χ4v) is 2.84. The van der Waals surface area contributed by atoms with E-state index in [2.05, 4.69) is 5.32 Å². The highest BCUT2D eigenvalue weighted by Crippen LogP contribution is 2.21. The summed E-state index contributed by atoms with van der Waals surface area (Å²) in [6.45, 7) is -0.602. The number of imide groups is 1. The number of carbonyl (C=O) groups excluding carboxylic acids is 3. The molecule has 0 unspecified atom stereocenters. The van der Waals surface area contributed by atoms with Crippen LogP contribution in [0.2, 0.25) is 5.02 Å². The minimum atomic E-state index is -0.917. The van der Waals surface area contributed by atoms with Crippen molar-refractivity contribution in [3.63, 3.8) is 0 Å². The van der Waals surface area contributed by atoms with Gasteiger partial charge in [0.2, 0.25) is 0 Å². The molecule has 2 aromatic carbocycles. The Hall–Kier alpha value is -2.58. The van der Waals surface area contributed by atoms with Gasteiger partial charge in [0.05, 0.1) is 12.1 Å². The van der Waals surface area contributed by atoms with Crippen LogP contribution < -0.4 is 10.6 Å². The van der Waals surface area contributed by atoms with Crippen molar-refractivity contribution in [2.24, 2.45) is 0 Å². The number of urea groups is 1. The number of hydrogen-bond donors (Lipinski definition) is 2. The second kappa shape index (κ2) is 10.5. The summed E-state index contributed by atoms with van der Waals surface area (Å²) in [4.78, 5) is 35.8. The molecule has 142 valence electrons. The van der Waals surface area contributed by atoms with Crippen LogP contribution >= 0.6 is 23.4 Å². The van der Waals surface area contributed by atoms with Crippen LogP contribution in [0, 0.1) is 5.82 Å². The second-order valence-corrected chi connectivity index (χ2v) is 6.80. The Labute approximate surface area is 164 Å². The van der Waals surface area contributed by atoms with E-state index in [1.54, 1.807) is 12.1 Å². The molecule has 2 rings (SSSR count). The van der Waals surface area contributed by atoms with Crippen molar-refractivity contribution in [2.75, 3.05) is 17.7 Å².